The van der Waals surface area contributed by atoms with E-state index in [0.29, 0.717) is 5.41 Å². The molecule has 0 bridgehead atoms. The summed E-state index contributed by atoms with van der Waals surface area (Å²) in [5.41, 5.74) is 0.506. The molecule has 0 aliphatic carbocycles. The molecule has 2 radical (unpaired) electrons. The molecule has 0 spiro atoms. The van der Waals surface area contributed by atoms with Gasteiger partial charge in [0, 0.05) is 0 Å². The summed E-state index contributed by atoms with van der Waals surface area (Å²) in [7, 11) is 0. The van der Waals surface area contributed by atoms with Crippen LogP contribution < -0.4 is 0 Å². The standard InChI is InChI=1S/C20H40/c1-5-7-9-10-11-12-13-14-15-16-17-19-20(3,4)18-8-6-2/h6,17H,5,7-16,18-19H2,1-4H3. The van der Waals surface area contributed by atoms with E-state index in [2.05, 4.69) is 40.5 Å². The fourth-order valence-electron chi connectivity index (χ4n) is 2.73. The van der Waals surface area contributed by atoms with Crippen molar-refractivity contribution in [3.63, 3.8) is 0 Å². The normalized spacial score (nSPS) is 12.0. The highest BCUT2D eigenvalue weighted by Crippen LogP contribution is 2.29. The van der Waals surface area contributed by atoms with Gasteiger partial charge >= 0.3 is 0 Å². The summed E-state index contributed by atoms with van der Waals surface area (Å²) in [5.74, 6) is 0. The van der Waals surface area contributed by atoms with Crippen LogP contribution in [0, 0.1) is 18.3 Å². The van der Waals surface area contributed by atoms with E-state index in [0.717, 1.165) is 0 Å². The topological polar surface area (TPSA) is 0 Å². The fourth-order valence-corrected chi connectivity index (χ4v) is 2.73. The van der Waals surface area contributed by atoms with Crippen molar-refractivity contribution in [3.8, 4) is 0 Å². The molecule has 0 heterocycles. The summed E-state index contributed by atoms with van der Waals surface area (Å²) in [6.45, 7) is 9.27. The van der Waals surface area contributed by atoms with Crippen molar-refractivity contribution in [1.29, 1.82) is 0 Å². The van der Waals surface area contributed by atoms with Crippen LogP contribution in [0.5, 0.6) is 0 Å². The lowest BCUT2D eigenvalue weighted by atomic mass is 9.82. The predicted octanol–water partition coefficient (Wildman–Crippen LogP) is 7.53. The second-order valence-electron chi connectivity index (χ2n) is 7.22. The fraction of sp³-hybridized carbons (Fsp3) is 0.900. The number of hydrogen-bond donors (Lipinski definition) is 0. The molecule has 0 aromatic carbocycles. The van der Waals surface area contributed by atoms with Crippen LogP contribution in [0.4, 0.5) is 0 Å². The van der Waals surface area contributed by atoms with E-state index in [-0.39, 0.29) is 0 Å². The second kappa shape index (κ2) is 14.0. The van der Waals surface area contributed by atoms with E-state index in [1.54, 1.807) is 0 Å². The average Bonchev–Trinajstić information content (AvgIpc) is 2.42. The van der Waals surface area contributed by atoms with Gasteiger partial charge in [0.25, 0.3) is 0 Å². The smallest absolute Gasteiger partial charge is 0.0351 e. The lowest BCUT2D eigenvalue weighted by molar-refractivity contribution is 0.324. The zero-order valence-corrected chi connectivity index (χ0v) is 14.8. The van der Waals surface area contributed by atoms with E-state index in [9.17, 15) is 0 Å². The molecule has 0 aliphatic rings. The lowest BCUT2D eigenvalue weighted by Gasteiger charge is -2.24. The predicted molar refractivity (Wildman–Crippen MR) is 93.8 cm³/mol. The Hall–Kier alpha value is 0. The Kier molecular flexibility index (Phi) is 14.0. The second-order valence-corrected chi connectivity index (χ2v) is 7.22. The molecule has 0 aliphatic heterocycles. The maximum atomic E-state index is 2.54. The first-order valence-corrected chi connectivity index (χ1v) is 9.22. The highest BCUT2D eigenvalue weighted by molar-refractivity contribution is 4.79. The van der Waals surface area contributed by atoms with Crippen molar-refractivity contribution in [2.24, 2.45) is 5.41 Å². The molecule has 0 amide bonds. The number of rotatable bonds is 15. The summed E-state index contributed by atoms with van der Waals surface area (Å²) in [6.07, 6.45) is 23.0. The van der Waals surface area contributed by atoms with Crippen molar-refractivity contribution in [3.05, 3.63) is 12.8 Å². The first-order chi connectivity index (χ1) is 9.62. The van der Waals surface area contributed by atoms with Gasteiger partial charge in [0.05, 0.1) is 0 Å². The minimum absolute atomic E-state index is 0.506. The monoisotopic (exact) mass is 280 g/mol. The molecular formula is C20H40. The molecule has 0 N–H and O–H groups in total. The van der Waals surface area contributed by atoms with Crippen LogP contribution in [0.25, 0.3) is 0 Å². The summed E-state index contributed by atoms with van der Waals surface area (Å²) in [6, 6.07) is 0. The maximum Gasteiger partial charge on any atom is -0.0351 e. The van der Waals surface area contributed by atoms with Crippen molar-refractivity contribution >= 4 is 0 Å². The molecule has 0 unspecified atom stereocenters. The molecule has 0 aromatic heterocycles. The van der Waals surface area contributed by atoms with Crippen LogP contribution in [0.1, 0.15) is 111 Å². The Balaban J connectivity index is 3.20. The Morgan fingerprint density at radius 1 is 0.750 bits per heavy atom. The Morgan fingerprint density at radius 2 is 1.30 bits per heavy atom. The zero-order valence-electron chi connectivity index (χ0n) is 14.8. The zero-order chi connectivity index (χ0) is 15.1. The molecule has 0 fully saturated rings. The van der Waals surface area contributed by atoms with Gasteiger partial charge in [-0.1, -0.05) is 91.9 Å². The third-order valence-electron chi connectivity index (χ3n) is 4.32. The third kappa shape index (κ3) is 14.4. The first kappa shape index (κ1) is 20.0. The molecule has 0 nitrogen and oxygen atoms in total. The maximum absolute atomic E-state index is 2.54. The van der Waals surface area contributed by atoms with Crippen LogP contribution in [0.15, 0.2) is 0 Å². The van der Waals surface area contributed by atoms with Gasteiger partial charge in [-0.25, -0.2) is 0 Å². The Bertz CT molecular complexity index is 180. The summed E-state index contributed by atoms with van der Waals surface area (Å²) in [5, 5.41) is 0. The van der Waals surface area contributed by atoms with Crippen molar-refractivity contribution in [2.45, 2.75) is 111 Å². The van der Waals surface area contributed by atoms with Gasteiger partial charge in [-0.3, -0.25) is 0 Å². The van der Waals surface area contributed by atoms with Crippen LogP contribution in [0.2, 0.25) is 0 Å². The molecule has 0 aromatic rings. The summed E-state index contributed by atoms with van der Waals surface area (Å²) < 4.78 is 0. The number of hydrogen-bond acceptors (Lipinski definition) is 0. The molecule has 0 saturated carbocycles. The molecular weight excluding hydrogens is 240 g/mol. The quantitative estimate of drug-likeness (QED) is 0.272. The highest BCUT2D eigenvalue weighted by Gasteiger charge is 2.16. The van der Waals surface area contributed by atoms with E-state index in [1.807, 2.05) is 0 Å². The van der Waals surface area contributed by atoms with Crippen molar-refractivity contribution in [1.82, 2.24) is 0 Å². The molecule has 0 saturated heterocycles. The van der Waals surface area contributed by atoms with Gasteiger partial charge in [-0.05, 0) is 37.5 Å². The summed E-state index contributed by atoms with van der Waals surface area (Å²) in [4.78, 5) is 0. The first-order valence-electron chi connectivity index (χ1n) is 9.22. The highest BCUT2D eigenvalue weighted by atomic mass is 14.2. The van der Waals surface area contributed by atoms with Gasteiger partial charge in [0.15, 0.2) is 0 Å². The molecule has 0 atom stereocenters. The van der Waals surface area contributed by atoms with Gasteiger partial charge in [-0.15, -0.1) is 0 Å². The minimum Gasteiger partial charge on any atom is -0.0654 e. The van der Waals surface area contributed by atoms with Crippen LogP contribution in [-0.2, 0) is 0 Å². The third-order valence-corrected chi connectivity index (χ3v) is 4.32. The SMILES string of the molecule is C[CH]CCC(C)(C)C[CH]CCCCCCCCCCC. The van der Waals surface area contributed by atoms with Crippen LogP contribution in [0.3, 0.4) is 0 Å². The largest absolute Gasteiger partial charge is 0.0654 e. The Labute approximate surface area is 130 Å². The van der Waals surface area contributed by atoms with E-state index >= 15 is 0 Å². The van der Waals surface area contributed by atoms with Crippen LogP contribution in [-0.4, -0.2) is 0 Å². The van der Waals surface area contributed by atoms with Crippen LogP contribution >= 0.6 is 0 Å². The van der Waals surface area contributed by atoms with Crippen molar-refractivity contribution < 1.29 is 0 Å². The van der Waals surface area contributed by atoms with Gasteiger partial charge in [-0.2, -0.15) is 0 Å². The Morgan fingerprint density at radius 3 is 1.85 bits per heavy atom. The van der Waals surface area contributed by atoms with E-state index in [4.69, 9.17) is 0 Å². The molecule has 120 valence electrons. The molecule has 0 rings (SSSR count). The summed E-state index contributed by atoms with van der Waals surface area (Å²) >= 11 is 0. The van der Waals surface area contributed by atoms with Gasteiger partial charge < -0.3 is 0 Å². The average molecular weight is 281 g/mol. The van der Waals surface area contributed by atoms with Crippen molar-refractivity contribution in [2.75, 3.05) is 0 Å². The molecule has 0 heteroatoms. The van der Waals surface area contributed by atoms with E-state index in [1.165, 1.54) is 83.5 Å². The lowest BCUT2D eigenvalue weighted by Crippen LogP contribution is -2.11. The van der Waals surface area contributed by atoms with Gasteiger partial charge in [0.1, 0.15) is 0 Å². The van der Waals surface area contributed by atoms with E-state index < -0.39 is 0 Å². The molecule has 20 heavy (non-hydrogen) atoms. The minimum atomic E-state index is 0.506. The number of unbranched alkanes of at least 4 members (excludes halogenated alkanes) is 11. The van der Waals surface area contributed by atoms with Gasteiger partial charge in [0.2, 0.25) is 0 Å².